The molecule has 0 unspecified atom stereocenters. The van der Waals surface area contributed by atoms with Gasteiger partial charge in [0.15, 0.2) is 0 Å². The van der Waals surface area contributed by atoms with Crippen molar-refractivity contribution in [3.05, 3.63) is 102 Å². The molecule has 0 atom stereocenters. The Morgan fingerprint density at radius 2 is 1.11 bits per heavy atom. The number of rotatable bonds is 3. The van der Waals surface area contributed by atoms with E-state index in [1.54, 1.807) is 11.3 Å². The van der Waals surface area contributed by atoms with Crippen LogP contribution in [-0.4, -0.2) is 0 Å². The van der Waals surface area contributed by atoms with Crippen LogP contribution in [0, 0.1) is 0 Å². The Morgan fingerprint density at radius 3 is 1.74 bits per heavy atom. The minimum Gasteiger partial charge on any atom is -0.310 e. The number of benzene rings is 4. The third kappa shape index (κ3) is 2.78. The molecule has 0 saturated carbocycles. The second-order valence-electron chi connectivity index (χ2n) is 6.37. The number of para-hydroxylation sites is 2. The van der Waals surface area contributed by atoms with Crippen molar-refractivity contribution in [3.8, 4) is 0 Å². The Bertz CT molecular complexity index is 1190. The monoisotopic (exact) mass is 385 g/mol. The zero-order valence-electron chi connectivity index (χ0n) is 14.5. The number of hydrogen-bond acceptors (Lipinski definition) is 2. The minimum atomic E-state index is 0.798. The predicted molar refractivity (Wildman–Crippen MR) is 119 cm³/mol. The SMILES string of the molecule is Clc1cccc2sc3cccc(N(c4ccccc4)c4ccccc4)c3c12. The van der Waals surface area contributed by atoms with Crippen LogP contribution >= 0.6 is 22.9 Å². The van der Waals surface area contributed by atoms with E-state index in [9.17, 15) is 0 Å². The maximum atomic E-state index is 6.63. The molecular weight excluding hydrogens is 370 g/mol. The van der Waals surface area contributed by atoms with Crippen LogP contribution in [0.15, 0.2) is 97.1 Å². The smallest absolute Gasteiger partial charge is 0.0555 e. The Kier molecular flexibility index (Phi) is 4.08. The van der Waals surface area contributed by atoms with E-state index >= 15 is 0 Å². The number of nitrogens with zero attached hydrogens (tertiary/aromatic N) is 1. The summed E-state index contributed by atoms with van der Waals surface area (Å²) in [7, 11) is 0. The molecule has 0 aliphatic rings. The molecule has 1 nitrogen and oxygen atoms in total. The predicted octanol–water partition coefficient (Wildman–Crippen LogP) is 8.18. The topological polar surface area (TPSA) is 3.24 Å². The van der Waals surface area contributed by atoms with Crippen molar-refractivity contribution in [2.45, 2.75) is 0 Å². The van der Waals surface area contributed by atoms with Gasteiger partial charge in [0.05, 0.1) is 5.69 Å². The zero-order valence-corrected chi connectivity index (χ0v) is 16.0. The van der Waals surface area contributed by atoms with Gasteiger partial charge in [0, 0.05) is 36.6 Å². The minimum absolute atomic E-state index is 0.798. The summed E-state index contributed by atoms with van der Waals surface area (Å²) in [6.07, 6.45) is 0. The number of hydrogen-bond donors (Lipinski definition) is 0. The molecule has 0 radical (unpaired) electrons. The van der Waals surface area contributed by atoms with Crippen molar-refractivity contribution in [1.29, 1.82) is 0 Å². The first-order valence-corrected chi connectivity index (χ1v) is 10.0. The highest BCUT2D eigenvalue weighted by molar-refractivity contribution is 7.26. The summed E-state index contributed by atoms with van der Waals surface area (Å²) in [6, 6.07) is 33.6. The van der Waals surface area contributed by atoms with Crippen molar-refractivity contribution in [2.24, 2.45) is 0 Å². The largest absolute Gasteiger partial charge is 0.310 e. The van der Waals surface area contributed by atoms with Crippen molar-refractivity contribution < 1.29 is 0 Å². The molecule has 0 saturated heterocycles. The van der Waals surface area contributed by atoms with Gasteiger partial charge in [-0.15, -0.1) is 11.3 Å². The fourth-order valence-electron chi connectivity index (χ4n) is 3.57. The molecule has 1 aromatic heterocycles. The standard InChI is InChI=1S/C24H16ClNS/c25-19-13-7-15-21-23(19)24-20(14-8-16-22(24)27-21)26(17-9-3-1-4-10-17)18-11-5-2-6-12-18/h1-16H. The average molecular weight is 386 g/mol. The van der Waals surface area contributed by atoms with Gasteiger partial charge in [-0.05, 0) is 48.5 Å². The molecule has 0 aliphatic carbocycles. The Balaban J connectivity index is 1.88. The normalized spacial score (nSPS) is 11.1. The van der Waals surface area contributed by atoms with Gasteiger partial charge in [-0.1, -0.05) is 60.1 Å². The van der Waals surface area contributed by atoms with Crippen LogP contribution < -0.4 is 4.90 Å². The molecule has 4 aromatic carbocycles. The van der Waals surface area contributed by atoms with Crippen molar-refractivity contribution in [2.75, 3.05) is 4.90 Å². The van der Waals surface area contributed by atoms with Gasteiger partial charge in [-0.3, -0.25) is 0 Å². The molecule has 27 heavy (non-hydrogen) atoms. The summed E-state index contributed by atoms with van der Waals surface area (Å²) in [6.45, 7) is 0. The molecule has 1 heterocycles. The first kappa shape index (κ1) is 16.4. The van der Waals surface area contributed by atoms with E-state index in [0.29, 0.717) is 0 Å². The van der Waals surface area contributed by atoms with E-state index < -0.39 is 0 Å². The lowest BCUT2D eigenvalue weighted by molar-refractivity contribution is 1.30. The van der Waals surface area contributed by atoms with Crippen LogP contribution in [0.2, 0.25) is 5.02 Å². The molecule has 0 N–H and O–H groups in total. The summed E-state index contributed by atoms with van der Waals surface area (Å²) < 4.78 is 2.46. The van der Waals surface area contributed by atoms with E-state index in [2.05, 4.69) is 77.7 Å². The third-order valence-corrected chi connectivity index (χ3v) is 6.15. The molecular formula is C24H16ClNS. The number of anilines is 3. The second kappa shape index (κ2) is 6.73. The Morgan fingerprint density at radius 1 is 0.556 bits per heavy atom. The van der Waals surface area contributed by atoms with Crippen LogP contribution in [0.5, 0.6) is 0 Å². The maximum Gasteiger partial charge on any atom is 0.0555 e. The van der Waals surface area contributed by atoms with Gasteiger partial charge in [-0.25, -0.2) is 0 Å². The lowest BCUT2D eigenvalue weighted by Gasteiger charge is -2.26. The van der Waals surface area contributed by atoms with Gasteiger partial charge in [0.25, 0.3) is 0 Å². The number of thiophene rings is 1. The quantitative estimate of drug-likeness (QED) is 0.302. The molecule has 0 aliphatic heterocycles. The highest BCUT2D eigenvalue weighted by atomic mass is 35.5. The summed E-state index contributed by atoms with van der Waals surface area (Å²) >= 11 is 8.42. The third-order valence-electron chi connectivity index (χ3n) is 4.72. The summed E-state index contributed by atoms with van der Waals surface area (Å²) in [5.41, 5.74) is 3.40. The highest BCUT2D eigenvalue weighted by Crippen LogP contribution is 2.46. The van der Waals surface area contributed by atoms with Crippen LogP contribution in [0.3, 0.4) is 0 Å². The van der Waals surface area contributed by atoms with Crippen LogP contribution in [0.1, 0.15) is 0 Å². The summed E-state index contributed by atoms with van der Waals surface area (Å²) in [5.74, 6) is 0. The molecule has 0 fully saturated rings. The molecule has 0 amide bonds. The molecule has 3 heteroatoms. The zero-order chi connectivity index (χ0) is 18.2. The van der Waals surface area contributed by atoms with Gasteiger partial charge in [0.1, 0.15) is 0 Å². The summed E-state index contributed by atoms with van der Waals surface area (Å²) in [5, 5.41) is 3.13. The van der Waals surface area contributed by atoms with E-state index in [4.69, 9.17) is 11.6 Å². The van der Waals surface area contributed by atoms with Gasteiger partial charge < -0.3 is 4.90 Å². The molecule has 5 aromatic rings. The van der Waals surface area contributed by atoms with Crippen LogP contribution in [0.4, 0.5) is 17.1 Å². The first-order chi connectivity index (χ1) is 13.3. The van der Waals surface area contributed by atoms with E-state index in [1.165, 1.54) is 14.8 Å². The van der Waals surface area contributed by atoms with Gasteiger partial charge in [-0.2, -0.15) is 0 Å². The van der Waals surface area contributed by atoms with Crippen molar-refractivity contribution in [3.63, 3.8) is 0 Å². The van der Waals surface area contributed by atoms with Crippen LogP contribution in [0.25, 0.3) is 20.2 Å². The van der Waals surface area contributed by atoms with Crippen molar-refractivity contribution >= 4 is 60.2 Å². The number of halogens is 1. The Hall–Kier alpha value is -2.81. The highest BCUT2D eigenvalue weighted by Gasteiger charge is 2.18. The lowest BCUT2D eigenvalue weighted by atomic mass is 10.1. The summed E-state index contributed by atoms with van der Waals surface area (Å²) in [4.78, 5) is 2.30. The van der Waals surface area contributed by atoms with E-state index in [-0.39, 0.29) is 0 Å². The number of fused-ring (bicyclic) bond motifs is 3. The molecule has 0 bridgehead atoms. The fourth-order valence-corrected chi connectivity index (χ4v) is 5.05. The average Bonchev–Trinajstić information content (AvgIpc) is 3.11. The van der Waals surface area contributed by atoms with Crippen molar-refractivity contribution in [1.82, 2.24) is 0 Å². The molecule has 0 spiro atoms. The Labute approximate surface area is 167 Å². The van der Waals surface area contributed by atoms with Gasteiger partial charge >= 0.3 is 0 Å². The fraction of sp³-hybridized carbons (Fsp3) is 0. The lowest BCUT2D eigenvalue weighted by Crippen LogP contribution is -2.09. The second-order valence-corrected chi connectivity index (χ2v) is 7.86. The van der Waals surface area contributed by atoms with E-state index in [1.807, 2.05) is 24.3 Å². The molecule has 130 valence electrons. The van der Waals surface area contributed by atoms with Gasteiger partial charge in [0.2, 0.25) is 0 Å². The van der Waals surface area contributed by atoms with E-state index in [0.717, 1.165) is 27.5 Å². The van der Waals surface area contributed by atoms with Crippen LogP contribution in [-0.2, 0) is 0 Å². The molecule has 5 rings (SSSR count). The first-order valence-electron chi connectivity index (χ1n) is 8.83. The maximum absolute atomic E-state index is 6.63.